The minimum Gasteiger partial charge on any atom is -0.368 e. The SMILES string of the molecule is CN1CCN(c2ccc(Nc3ncc(C#Cc4cccc(NC(=O)N5OCC[C@H]5c5ccccc5)c4)cn3)nc2)CC1. The van der Waals surface area contributed by atoms with Crippen LogP contribution in [0.25, 0.3) is 0 Å². The molecule has 4 aromatic rings. The zero-order valence-corrected chi connectivity index (χ0v) is 23.4. The third-order valence-corrected chi connectivity index (χ3v) is 7.26. The molecule has 2 amide bonds. The number of benzene rings is 2. The summed E-state index contributed by atoms with van der Waals surface area (Å²) in [4.78, 5) is 36.6. The van der Waals surface area contributed by atoms with E-state index in [0.717, 1.165) is 49.4 Å². The zero-order chi connectivity index (χ0) is 28.7. The number of urea groups is 1. The Balaban J connectivity index is 1.05. The fourth-order valence-electron chi connectivity index (χ4n) is 4.93. The number of carbonyl (C=O) groups excluding carboxylic acids is 1. The molecule has 0 aliphatic carbocycles. The van der Waals surface area contributed by atoms with Crippen LogP contribution in [-0.2, 0) is 4.84 Å². The number of likely N-dealkylation sites (N-methyl/N-ethyl adjacent to an activating group) is 1. The van der Waals surface area contributed by atoms with Crippen molar-refractivity contribution in [1.29, 1.82) is 0 Å². The summed E-state index contributed by atoms with van der Waals surface area (Å²) in [6.07, 6.45) is 5.96. The highest BCUT2D eigenvalue weighted by molar-refractivity contribution is 5.89. The Labute approximate surface area is 245 Å². The minimum atomic E-state index is -0.314. The molecule has 2 aromatic carbocycles. The molecule has 212 valence electrons. The van der Waals surface area contributed by atoms with Gasteiger partial charge in [-0.15, -0.1) is 0 Å². The molecule has 10 nitrogen and oxygen atoms in total. The van der Waals surface area contributed by atoms with Gasteiger partial charge in [0, 0.05) is 56.2 Å². The van der Waals surface area contributed by atoms with Crippen molar-refractivity contribution in [2.24, 2.45) is 0 Å². The van der Waals surface area contributed by atoms with E-state index < -0.39 is 0 Å². The van der Waals surface area contributed by atoms with Crippen LogP contribution >= 0.6 is 0 Å². The van der Waals surface area contributed by atoms with Crippen molar-refractivity contribution >= 4 is 29.2 Å². The summed E-state index contributed by atoms with van der Waals surface area (Å²) in [6, 6.07) is 20.9. The number of aromatic nitrogens is 3. The Hall–Kier alpha value is -4.98. The fourth-order valence-corrected chi connectivity index (χ4v) is 4.93. The van der Waals surface area contributed by atoms with E-state index in [1.54, 1.807) is 12.4 Å². The number of piperazine rings is 1. The number of carbonyl (C=O) groups is 1. The van der Waals surface area contributed by atoms with Crippen molar-refractivity contribution in [3.8, 4) is 11.8 Å². The van der Waals surface area contributed by atoms with Crippen LogP contribution in [0.5, 0.6) is 0 Å². The molecule has 2 N–H and O–H groups in total. The maximum atomic E-state index is 13.0. The maximum absolute atomic E-state index is 13.0. The molecule has 0 unspecified atom stereocenters. The van der Waals surface area contributed by atoms with Crippen LogP contribution in [0.1, 0.15) is 29.2 Å². The molecule has 0 spiro atoms. The van der Waals surface area contributed by atoms with Gasteiger partial charge in [0.2, 0.25) is 5.95 Å². The first-order valence-electron chi connectivity index (χ1n) is 14.0. The topological polar surface area (TPSA) is 98.8 Å². The summed E-state index contributed by atoms with van der Waals surface area (Å²) in [5.74, 6) is 7.34. The van der Waals surface area contributed by atoms with Crippen molar-refractivity contribution in [2.75, 3.05) is 55.4 Å². The van der Waals surface area contributed by atoms with Crippen molar-refractivity contribution in [1.82, 2.24) is 24.9 Å². The summed E-state index contributed by atoms with van der Waals surface area (Å²) in [7, 11) is 2.14. The van der Waals surface area contributed by atoms with Gasteiger partial charge in [0.15, 0.2) is 0 Å². The van der Waals surface area contributed by atoms with E-state index >= 15 is 0 Å². The average Bonchev–Trinajstić information content (AvgIpc) is 3.53. The van der Waals surface area contributed by atoms with E-state index in [4.69, 9.17) is 4.84 Å². The smallest absolute Gasteiger partial charge is 0.346 e. The molecule has 2 fully saturated rings. The second kappa shape index (κ2) is 12.7. The first-order chi connectivity index (χ1) is 20.6. The van der Waals surface area contributed by atoms with Gasteiger partial charge in [0.1, 0.15) is 5.82 Å². The number of amides is 2. The van der Waals surface area contributed by atoms with Crippen LogP contribution in [0, 0.1) is 11.8 Å². The van der Waals surface area contributed by atoms with Gasteiger partial charge in [-0.2, -0.15) is 5.06 Å². The lowest BCUT2D eigenvalue weighted by Crippen LogP contribution is -2.44. The van der Waals surface area contributed by atoms with Gasteiger partial charge in [0.25, 0.3) is 0 Å². The lowest BCUT2D eigenvalue weighted by molar-refractivity contribution is -0.0829. The monoisotopic (exact) mass is 560 g/mol. The van der Waals surface area contributed by atoms with Crippen molar-refractivity contribution in [3.05, 3.63) is 102 Å². The molecule has 0 bridgehead atoms. The summed E-state index contributed by atoms with van der Waals surface area (Å²) in [5.41, 5.74) is 4.22. The van der Waals surface area contributed by atoms with Crippen LogP contribution < -0.4 is 15.5 Å². The normalized spacial score (nSPS) is 16.9. The highest BCUT2D eigenvalue weighted by atomic mass is 16.7. The Kier molecular flexibility index (Phi) is 8.21. The predicted octanol–water partition coefficient (Wildman–Crippen LogP) is 4.68. The van der Waals surface area contributed by atoms with E-state index in [9.17, 15) is 4.79 Å². The van der Waals surface area contributed by atoms with Crippen LogP contribution in [0.2, 0.25) is 0 Å². The molecule has 2 aromatic heterocycles. The molecule has 2 saturated heterocycles. The Bertz CT molecular complexity index is 1560. The van der Waals surface area contributed by atoms with Crippen molar-refractivity contribution in [3.63, 3.8) is 0 Å². The molecule has 0 saturated carbocycles. The first-order valence-corrected chi connectivity index (χ1v) is 14.0. The number of anilines is 4. The molecule has 6 rings (SSSR count). The third kappa shape index (κ3) is 6.66. The van der Waals surface area contributed by atoms with E-state index in [-0.39, 0.29) is 12.1 Å². The first kappa shape index (κ1) is 27.2. The zero-order valence-electron chi connectivity index (χ0n) is 23.4. The number of nitrogens with one attached hydrogen (secondary N) is 2. The molecule has 2 aliphatic rings. The standard InChI is InChI=1S/C32H32N8O2/c1-38-15-17-39(18-16-38)28-12-13-30(33-23-28)37-31-34-21-25(22-35-31)11-10-24-6-5-9-27(20-24)36-32(41)40-29(14-19-42-40)26-7-3-2-4-8-26/h2-9,12-13,20-23,29H,14-19H2,1H3,(H,36,41)(H,33,34,35,37)/t29-/m0/s1. The molecular formula is C32H32N8O2. The summed E-state index contributed by atoms with van der Waals surface area (Å²) >= 11 is 0. The van der Waals surface area contributed by atoms with Gasteiger partial charge >= 0.3 is 6.03 Å². The van der Waals surface area contributed by atoms with Gasteiger partial charge in [-0.1, -0.05) is 48.2 Å². The second-order valence-corrected chi connectivity index (χ2v) is 10.2. The Morgan fingerprint density at radius 1 is 0.881 bits per heavy atom. The summed E-state index contributed by atoms with van der Waals surface area (Å²) in [5, 5.41) is 7.48. The van der Waals surface area contributed by atoms with Crippen LogP contribution in [-0.4, -0.2) is 70.8 Å². The van der Waals surface area contributed by atoms with E-state index in [1.807, 2.05) is 66.9 Å². The van der Waals surface area contributed by atoms with Crippen molar-refractivity contribution in [2.45, 2.75) is 12.5 Å². The Morgan fingerprint density at radius 2 is 1.67 bits per heavy atom. The van der Waals surface area contributed by atoms with Gasteiger partial charge in [0.05, 0.1) is 30.1 Å². The number of rotatable bonds is 5. The molecule has 0 radical (unpaired) electrons. The van der Waals surface area contributed by atoms with Gasteiger partial charge in [-0.05, 0) is 42.9 Å². The number of nitrogens with zero attached hydrogens (tertiary/aromatic N) is 6. The minimum absolute atomic E-state index is 0.121. The third-order valence-electron chi connectivity index (χ3n) is 7.26. The molecule has 10 heteroatoms. The summed E-state index contributed by atoms with van der Waals surface area (Å²) in [6.45, 7) is 4.59. The number of hydrogen-bond donors (Lipinski definition) is 2. The highest BCUT2D eigenvalue weighted by Gasteiger charge is 2.31. The average molecular weight is 561 g/mol. The van der Waals surface area contributed by atoms with Gasteiger partial charge in [-0.25, -0.2) is 19.7 Å². The molecule has 1 atom stereocenters. The molecule has 4 heterocycles. The fraction of sp³-hybridized carbons (Fsp3) is 0.250. The Morgan fingerprint density at radius 3 is 2.43 bits per heavy atom. The van der Waals surface area contributed by atoms with E-state index in [1.165, 1.54) is 5.06 Å². The van der Waals surface area contributed by atoms with Gasteiger partial charge < -0.3 is 20.4 Å². The second-order valence-electron chi connectivity index (χ2n) is 10.2. The molecule has 2 aliphatic heterocycles. The lowest BCUT2D eigenvalue weighted by atomic mass is 10.1. The van der Waals surface area contributed by atoms with Gasteiger partial charge in [-0.3, -0.25) is 4.84 Å². The lowest BCUT2D eigenvalue weighted by Gasteiger charge is -2.33. The highest BCUT2D eigenvalue weighted by Crippen LogP contribution is 2.30. The van der Waals surface area contributed by atoms with E-state index in [2.05, 4.69) is 60.3 Å². The summed E-state index contributed by atoms with van der Waals surface area (Å²) < 4.78 is 0. The maximum Gasteiger partial charge on any atom is 0.346 e. The van der Waals surface area contributed by atoms with Crippen LogP contribution in [0.4, 0.5) is 27.9 Å². The number of hydroxylamine groups is 2. The number of pyridine rings is 1. The molecule has 42 heavy (non-hydrogen) atoms. The van der Waals surface area contributed by atoms with E-state index in [0.29, 0.717) is 29.6 Å². The van der Waals surface area contributed by atoms with Crippen molar-refractivity contribution < 1.29 is 9.63 Å². The van der Waals surface area contributed by atoms with Crippen LogP contribution in [0.3, 0.4) is 0 Å². The molecular weight excluding hydrogens is 528 g/mol. The van der Waals surface area contributed by atoms with Crippen LogP contribution in [0.15, 0.2) is 85.3 Å². The predicted molar refractivity (Wildman–Crippen MR) is 162 cm³/mol. The quantitative estimate of drug-likeness (QED) is 0.340. The largest absolute Gasteiger partial charge is 0.368 e. The number of hydrogen-bond acceptors (Lipinski definition) is 8.